The number of halogens is 1. The maximum Gasteiger partial charge on any atom is 0.139 e. The van der Waals surface area contributed by atoms with Gasteiger partial charge < -0.3 is 15.7 Å². The third-order valence-electron chi connectivity index (χ3n) is 3.83. The van der Waals surface area contributed by atoms with Crippen molar-refractivity contribution >= 4 is 33.0 Å². The number of para-hydroxylation sites is 2. The number of rotatable bonds is 1. The van der Waals surface area contributed by atoms with E-state index in [1.807, 2.05) is 30.3 Å². The summed E-state index contributed by atoms with van der Waals surface area (Å²) in [6, 6.07) is 11.4. The van der Waals surface area contributed by atoms with Crippen LogP contribution in [0, 0.1) is 0 Å². The number of hydrogen-bond donors (Lipinski definition) is 2. The topological polar surface area (TPSA) is 49.5 Å². The molecule has 1 heterocycles. The third-order valence-corrected chi connectivity index (χ3v) is 4.49. The van der Waals surface area contributed by atoms with Crippen LogP contribution in [0.1, 0.15) is 19.4 Å². The number of anilines is 3. The second-order valence-electron chi connectivity index (χ2n) is 5.82. The van der Waals surface area contributed by atoms with E-state index in [-0.39, 0.29) is 11.2 Å². The van der Waals surface area contributed by atoms with Crippen LogP contribution in [0.5, 0.6) is 5.75 Å². The van der Waals surface area contributed by atoms with Crippen molar-refractivity contribution in [2.45, 2.75) is 19.3 Å². The highest BCUT2D eigenvalue weighted by Gasteiger charge is 2.39. The first-order valence-corrected chi connectivity index (χ1v) is 7.35. The van der Waals surface area contributed by atoms with Crippen molar-refractivity contribution in [3.05, 3.63) is 46.4 Å². The molecule has 1 aliphatic heterocycles. The molecule has 0 aromatic heterocycles. The molecule has 4 heteroatoms. The van der Waals surface area contributed by atoms with E-state index in [2.05, 4.69) is 34.7 Å². The molecule has 0 fully saturated rings. The fraction of sp³-hybridized carbons (Fsp3) is 0.250. The minimum Gasteiger partial charge on any atom is -0.506 e. The van der Waals surface area contributed by atoms with Gasteiger partial charge in [0.25, 0.3) is 0 Å². The summed E-state index contributed by atoms with van der Waals surface area (Å²) in [4.78, 5) is 2.10. The van der Waals surface area contributed by atoms with Gasteiger partial charge in [-0.3, -0.25) is 0 Å². The van der Waals surface area contributed by atoms with Crippen molar-refractivity contribution in [3.8, 4) is 5.75 Å². The van der Waals surface area contributed by atoms with Crippen molar-refractivity contribution in [1.82, 2.24) is 0 Å². The number of nitrogen functional groups attached to an aromatic ring is 1. The van der Waals surface area contributed by atoms with Crippen LogP contribution in [0.25, 0.3) is 0 Å². The predicted octanol–water partition coefficient (Wildman–Crippen LogP) is 4.17. The van der Waals surface area contributed by atoms with Crippen LogP contribution in [-0.4, -0.2) is 11.7 Å². The summed E-state index contributed by atoms with van der Waals surface area (Å²) >= 11 is 3.61. The van der Waals surface area contributed by atoms with Crippen LogP contribution < -0.4 is 10.6 Å². The molecule has 104 valence electrons. The molecule has 2 aromatic carbocycles. The Balaban J connectivity index is 2.25. The first-order valence-electron chi connectivity index (χ1n) is 6.56. The van der Waals surface area contributed by atoms with E-state index in [0.29, 0.717) is 0 Å². The summed E-state index contributed by atoms with van der Waals surface area (Å²) in [6.45, 7) is 5.14. The maximum absolute atomic E-state index is 10.3. The smallest absolute Gasteiger partial charge is 0.139 e. The summed E-state index contributed by atoms with van der Waals surface area (Å²) in [5, 5.41) is 10.3. The van der Waals surface area contributed by atoms with Crippen LogP contribution in [-0.2, 0) is 5.41 Å². The van der Waals surface area contributed by atoms with Crippen LogP contribution in [0.3, 0.4) is 0 Å². The second kappa shape index (κ2) is 4.42. The van der Waals surface area contributed by atoms with Gasteiger partial charge in [0.1, 0.15) is 5.75 Å². The molecular weight excluding hydrogens is 316 g/mol. The van der Waals surface area contributed by atoms with Crippen LogP contribution in [0.2, 0.25) is 0 Å². The minimum absolute atomic E-state index is 0.0603. The zero-order valence-electron chi connectivity index (χ0n) is 11.5. The minimum atomic E-state index is -0.0603. The monoisotopic (exact) mass is 332 g/mol. The zero-order chi connectivity index (χ0) is 14.5. The number of phenols is 1. The fourth-order valence-electron chi connectivity index (χ4n) is 2.96. The molecule has 3 rings (SSSR count). The van der Waals surface area contributed by atoms with E-state index in [1.165, 1.54) is 0 Å². The Hall–Kier alpha value is -1.68. The first kappa shape index (κ1) is 13.3. The summed E-state index contributed by atoms with van der Waals surface area (Å²) < 4.78 is 1.02. The molecule has 2 aromatic rings. The number of nitrogens with zero attached hydrogens (tertiary/aromatic N) is 1. The molecule has 0 aliphatic carbocycles. The highest BCUT2D eigenvalue weighted by molar-refractivity contribution is 9.10. The van der Waals surface area contributed by atoms with E-state index in [1.54, 1.807) is 6.07 Å². The largest absolute Gasteiger partial charge is 0.506 e. The predicted molar refractivity (Wildman–Crippen MR) is 86.7 cm³/mol. The second-order valence-corrected chi connectivity index (χ2v) is 6.67. The molecule has 0 bridgehead atoms. The number of nitrogens with two attached hydrogens (primary N) is 1. The normalized spacial score (nSPS) is 16.2. The summed E-state index contributed by atoms with van der Waals surface area (Å²) in [6.07, 6.45) is 0. The Kier molecular flexibility index (Phi) is 2.94. The van der Waals surface area contributed by atoms with Gasteiger partial charge in [0.15, 0.2) is 0 Å². The Morgan fingerprint density at radius 3 is 2.60 bits per heavy atom. The number of phenolic OH excluding ortho intramolecular Hbond substituents is 1. The van der Waals surface area contributed by atoms with E-state index in [4.69, 9.17) is 5.73 Å². The van der Waals surface area contributed by atoms with Crippen molar-refractivity contribution < 1.29 is 5.11 Å². The molecule has 0 spiro atoms. The lowest BCUT2D eigenvalue weighted by Gasteiger charge is -2.24. The van der Waals surface area contributed by atoms with Crippen molar-refractivity contribution in [2.75, 3.05) is 17.2 Å². The Morgan fingerprint density at radius 1 is 1.20 bits per heavy atom. The molecule has 0 atom stereocenters. The number of fused-ring (bicyclic) bond motifs is 1. The highest BCUT2D eigenvalue weighted by Crippen LogP contribution is 2.52. The van der Waals surface area contributed by atoms with Gasteiger partial charge in [-0.2, -0.15) is 0 Å². The molecule has 1 aliphatic rings. The van der Waals surface area contributed by atoms with Crippen LogP contribution in [0.4, 0.5) is 17.1 Å². The van der Waals surface area contributed by atoms with E-state index < -0.39 is 0 Å². The van der Waals surface area contributed by atoms with Gasteiger partial charge >= 0.3 is 0 Å². The number of benzene rings is 2. The van der Waals surface area contributed by atoms with Gasteiger partial charge in [-0.15, -0.1) is 0 Å². The molecule has 0 saturated heterocycles. The van der Waals surface area contributed by atoms with Gasteiger partial charge in [0.05, 0.1) is 17.1 Å². The van der Waals surface area contributed by atoms with Crippen molar-refractivity contribution in [2.24, 2.45) is 0 Å². The lowest BCUT2D eigenvalue weighted by atomic mass is 9.87. The van der Waals surface area contributed by atoms with Crippen LogP contribution in [0.15, 0.2) is 40.9 Å². The average Bonchev–Trinajstić information content (AvgIpc) is 2.68. The summed E-state index contributed by atoms with van der Waals surface area (Å²) in [5.74, 6) is 0.289. The molecule has 0 unspecified atom stereocenters. The molecule has 0 radical (unpaired) electrons. The van der Waals surface area contributed by atoms with E-state index in [9.17, 15) is 5.11 Å². The summed E-state index contributed by atoms with van der Waals surface area (Å²) in [7, 11) is 0. The van der Waals surface area contributed by atoms with Gasteiger partial charge in [-0.05, 0) is 24.3 Å². The van der Waals surface area contributed by atoms with E-state index >= 15 is 0 Å². The van der Waals surface area contributed by atoms with Crippen molar-refractivity contribution in [1.29, 1.82) is 0 Å². The first-order chi connectivity index (χ1) is 9.42. The fourth-order valence-corrected chi connectivity index (χ4v) is 3.82. The lowest BCUT2D eigenvalue weighted by Crippen LogP contribution is -2.25. The van der Waals surface area contributed by atoms with Gasteiger partial charge in [-0.25, -0.2) is 0 Å². The van der Waals surface area contributed by atoms with Gasteiger partial charge in [-0.1, -0.05) is 41.9 Å². The maximum atomic E-state index is 10.3. The Morgan fingerprint density at radius 2 is 1.90 bits per heavy atom. The highest BCUT2D eigenvalue weighted by atomic mass is 79.9. The van der Waals surface area contributed by atoms with Crippen LogP contribution >= 0.6 is 15.9 Å². The summed E-state index contributed by atoms with van der Waals surface area (Å²) in [5.41, 5.74) is 9.67. The number of aromatic hydroxyl groups is 1. The standard InChI is InChI=1S/C16H17BrN2O/c1-16(2)9-19(12-6-4-3-5-11(12)18)15-13(20)8-7-10(17)14(15)16/h3-8,20H,9,18H2,1-2H3. The zero-order valence-corrected chi connectivity index (χ0v) is 13.1. The van der Waals surface area contributed by atoms with Crippen molar-refractivity contribution in [3.63, 3.8) is 0 Å². The Labute approximate surface area is 127 Å². The third kappa shape index (κ3) is 1.86. The lowest BCUT2D eigenvalue weighted by molar-refractivity contribution is 0.476. The van der Waals surface area contributed by atoms with Gasteiger partial charge in [0.2, 0.25) is 0 Å². The molecule has 0 amide bonds. The molecule has 20 heavy (non-hydrogen) atoms. The molecule has 3 nitrogen and oxygen atoms in total. The molecule has 0 saturated carbocycles. The SMILES string of the molecule is CC1(C)CN(c2ccccc2N)c2c(O)ccc(Br)c21. The number of hydrogen-bond acceptors (Lipinski definition) is 3. The molecular formula is C16H17BrN2O. The van der Waals surface area contributed by atoms with Gasteiger partial charge in [0, 0.05) is 22.0 Å². The quantitative estimate of drug-likeness (QED) is 0.770. The van der Waals surface area contributed by atoms with E-state index in [0.717, 1.165) is 33.6 Å². The average molecular weight is 333 g/mol. The Bertz CT molecular complexity index is 682. The molecule has 3 N–H and O–H groups in total.